The number of piperidine rings is 2. The number of nitrogens with one attached hydrogen (secondary N) is 1. The number of nitrogens with zero attached hydrogens (tertiary/aromatic N) is 5. The summed E-state index contributed by atoms with van der Waals surface area (Å²) < 4.78 is 83.8. The number of likely N-dealkylation sites (tertiary alicyclic amines) is 1. The SMILES string of the molecule is CN1CCC(N(C)[C@@]2(CCc3cccc(C(F)(F)F)c3)CCCN(c3ccc(S(=O)(=O)Nc4ccncn4)c(F)c3)C2)CC1. The molecule has 2 aliphatic rings. The van der Waals surface area contributed by atoms with Crippen molar-refractivity contribution in [3.63, 3.8) is 0 Å². The zero-order chi connectivity index (χ0) is 31.5. The Morgan fingerprint density at radius 3 is 2.55 bits per heavy atom. The smallest absolute Gasteiger partial charge is 0.370 e. The predicted octanol–water partition coefficient (Wildman–Crippen LogP) is 5.43. The number of aromatic nitrogens is 2. The van der Waals surface area contributed by atoms with Crippen LogP contribution < -0.4 is 9.62 Å². The lowest BCUT2D eigenvalue weighted by atomic mass is 9.80. The quantitative estimate of drug-likeness (QED) is 0.315. The third kappa shape index (κ3) is 7.32. The number of sulfonamides is 1. The first-order chi connectivity index (χ1) is 20.9. The van der Waals surface area contributed by atoms with Crippen molar-refractivity contribution in [3.05, 3.63) is 78.0 Å². The average Bonchev–Trinajstić information content (AvgIpc) is 3.00. The summed E-state index contributed by atoms with van der Waals surface area (Å²) in [5, 5.41) is 0. The van der Waals surface area contributed by atoms with Gasteiger partial charge in [-0.15, -0.1) is 0 Å². The van der Waals surface area contributed by atoms with Crippen molar-refractivity contribution in [2.45, 2.75) is 61.2 Å². The van der Waals surface area contributed by atoms with Crippen LogP contribution in [0.2, 0.25) is 0 Å². The molecule has 13 heteroatoms. The molecule has 1 atom stereocenters. The van der Waals surface area contributed by atoms with Gasteiger partial charge in [0, 0.05) is 36.6 Å². The summed E-state index contributed by atoms with van der Waals surface area (Å²) in [5.74, 6) is -0.852. The highest BCUT2D eigenvalue weighted by atomic mass is 32.2. The first-order valence-corrected chi connectivity index (χ1v) is 16.3. The van der Waals surface area contributed by atoms with E-state index < -0.39 is 32.5 Å². The van der Waals surface area contributed by atoms with E-state index in [-0.39, 0.29) is 11.4 Å². The van der Waals surface area contributed by atoms with Gasteiger partial charge in [0.2, 0.25) is 0 Å². The van der Waals surface area contributed by atoms with Crippen LogP contribution in [0.3, 0.4) is 0 Å². The van der Waals surface area contributed by atoms with Crippen LogP contribution in [0, 0.1) is 5.82 Å². The van der Waals surface area contributed by atoms with Crippen LogP contribution in [0.1, 0.15) is 43.2 Å². The molecule has 1 aromatic heterocycles. The van der Waals surface area contributed by atoms with Crippen LogP contribution in [0.15, 0.2) is 66.0 Å². The van der Waals surface area contributed by atoms with Crippen molar-refractivity contribution >= 4 is 21.5 Å². The minimum atomic E-state index is -4.41. The topological polar surface area (TPSA) is 81.7 Å². The minimum absolute atomic E-state index is 0.0296. The van der Waals surface area contributed by atoms with Crippen molar-refractivity contribution in [3.8, 4) is 0 Å². The highest BCUT2D eigenvalue weighted by Crippen LogP contribution is 2.38. The van der Waals surface area contributed by atoms with Crippen LogP contribution >= 0.6 is 0 Å². The molecule has 3 heterocycles. The zero-order valence-corrected chi connectivity index (χ0v) is 25.7. The van der Waals surface area contributed by atoms with E-state index in [0.29, 0.717) is 43.2 Å². The van der Waals surface area contributed by atoms with Crippen molar-refractivity contribution in [2.75, 3.05) is 49.9 Å². The number of rotatable bonds is 9. The first-order valence-electron chi connectivity index (χ1n) is 14.8. The molecule has 2 fully saturated rings. The molecule has 2 aromatic carbocycles. The van der Waals surface area contributed by atoms with Gasteiger partial charge in [0.05, 0.1) is 5.56 Å². The lowest BCUT2D eigenvalue weighted by Crippen LogP contribution is -2.61. The van der Waals surface area contributed by atoms with Crippen molar-refractivity contribution in [1.29, 1.82) is 0 Å². The van der Waals surface area contributed by atoms with E-state index in [4.69, 9.17) is 0 Å². The number of hydrogen-bond acceptors (Lipinski definition) is 7. The number of alkyl halides is 3. The van der Waals surface area contributed by atoms with Gasteiger partial charge in [-0.1, -0.05) is 18.2 Å². The summed E-state index contributed by atoms with van der Waals surface area (Å²) >= 11 is 0. The molecule has 8 nitrogen and oxygen atoms in total. The molecule has 1 N–H and O–H groups in total. The summed E-state index contributed by atoms with van der Waals surface area (Å²) in [6.07, 6.45) is 2.88. The Morgan fingerprint density at radius 1 is 1.09 bits per heavy atom. The second kappa shape index (κ2) is 13.0. The standard InChI is InChI=1S/C31H38F4N6O2S/c1-39-17-11-25(12-18-39)40(2)30(14-9-23-5-3-6-24(19-23)31(33,34)35)13-4-16-41(21-30)26-7-8-28(27(32)20-26)44(42,43)38-29-10-15-36-22-37-29/h3,5-8,10,15,19-20,22,25H,4,9,11-14,16-18,21H2,1-2H3,(H,36,37,38)/t30-/m1/s1. The fourth-order valence-corrected chi connectivity index (χ4v) is 7.57. The number of aryl methyl sites for hydroxylation is 1. The molecule has 2 aliphatic heterocycles. The van der Waals surface area contributed by atoms with Crippen molar-refractivity contribution < 1.29 is 26.0 Å². The predicted molar refractivity (Wildman–Crippen MR) is 161 cm³/mol. The molecule has 3 aromatic rings. The summed E-state index contributed by atoms with van der Waals surface area (Å²) in [6.45, 7) is 3.12. The molecule has 0 bridgehead atoms. The molecular formula is C31H38F4N6O2S. The van der Waals surface area contributed by atoms with E-state index in [1.807, 2.05) is 0 Å². The van der Waals surface area contributed by atoms with Crippen LogP contribution in [0.25, 0.3) is 0 Å². The second-order valence-electron chi connectivity index (χ2n) is 11.9. The third-order valence-electron chi connectivity index (χ3n) is 9.06. The number of halogens is 4. The lowest BCUT2D eigenvalue weighted by molar-refractivity contribution is -0.137. The Morgan fingerprint density at radius 2 is 1.86 bits per heavy atom. The number of anilines is 2. The summed E-state index contributed by atoms with van der Waals surface area (Å²) in [5.41, 5.74) is 0.161. The van der Waals surface area contributed by atoms with Gasteiger partial charge in [0.25, 0.3) is 10.0 Å². The van der Waals surface area contributed by atoms with Crippen LogP contribution in [0.4, 0.5) is 29.1 Å². The first kappa shape index (κ1) is 32.1. The van der Waals surface area contributed by atoms with Crippen LogP contribution in [-0.4, -0.2) is 80.0 Å². The number of benzene rings is 2. The molecule has 0 radical (unpaired) electrons. The van der Waals surface area contributed by atoms with E-state index in [0.717, 1.165) is 44.8 Å². The van der Waals surface area contributed by atoms with Gasteiger partial charge in [0.1, 0.15) is 22.9 Å². The van der Waals surface area contributed by atoms with E-state index in [1.54, 1.807) is 12.1 Å². The molecule has 0 saturated carbocycles. The number of hydrogen-bond donors (Lipinski definition) is 1. The molecule has 238 valence electrons. The highest BCUT2D eigenvalue weighted by Gasteiger charge is 2.42. The fourth-order valence-electron chi connectivity index (χ4n) is 6.50. The van der Waals surface area contributed by atoms with Gasteiger partial charge in [-0.05, 0) is 102 Å². The maximum absolute atomic E-state index is 15.4. The van der Waals surface area contributed by atoms with E-state index >= 15 is 4.39 Å². The van der Waals surface area contributed by atoms with E-state index in [9.17, 15) is 21.6 Å². The summed E-state index contributed by atoms with van der Waals surface area (Å²) in [7, 11) is -0.0138. The summed E-state index contributed by atoms with van der Waals surface area (Å²) in [4.78, 5) is 13.9. The van der Waals surface area contributed by atoms with E-state index in [1.165, 1.54) is 42.9 Å². The van der Waals surface area contributed by atoms with Gasteiger partial charge in [0.15, 0.2) is 0 Å². The Kier molecular flexibility index (Phi) is 9.47. The molecule has 2 saturated heterocycles. The van der Waals surface area contributed by atoms with Crippen molar-refractivity contribution in [2.24, 2.45) is 0 Å². The van der Waals surface area contributed by atoms with Gasteiger partial charge < -0.3 is 9.80 Å². The fraction of sp³-hybridized carbons (Fsp3) is 0.484. The van der Waals surface area contributed by atoms with Gasteiger partial charge in [-0.25, -0.2) is 22.8 Å². The maximum Gasteiger partial charge on any atom is 0.416 e. The molecule has 5 rings (SSSR count). The molecule has 0 unspecified atom stereocenters. The molecule has 44 heavy (non-hydrogen) atoms. The molecular weight excluding hydrogens is 596 g/mol. The highest BCUT2D eigenvalue weighted by molar-refractivity contribution is 7.92. The Balaban J connectivity index is 1.40. The Hall–Kier alpha value is -3.29. The maximum atomic E-state index is 15.4. The van der Waals surface area contributed by atoms with Crippen LogP contribution in [0.5, 0.6) is 0 Å². The van der Waals surface area contributed by atoms with E-state index in [2.05, 4.69) is 43.5 Å². The van der Waals surface area contributed by atoms with Gasteiger partial charge >= 0.3 is 6.18 Å². The van der Waals surface area contributed by atoms with Crippen LogP contribution in [-0.2, 0) is 22.6 Å². The zero-order valence-electron chi connectivity index (χ0n) is 24.9. The second-order valence-corrected chi connectivity index (χ2v) is 13.6. The lowest BCUT2D eigenvalue weighted by Gasteiger charge is -2.53. The summed E-state index contributed by atoms with van der Waals surface area (Å²) in [6, 6.07) is 11.3. The average molecular weight is 635 g/mol. The third-order valence-corrected chi connectivity index (χ3v) is 10.5. The van der Waals surface area contributed by atoms with Crippen molar-refractivity contribution in [1.82, 2.24) is 19.8 Å². The van der Waals surface area contributed by atoms with Gasteiger partial charge in [-0.2, -0.15) is 13.2 Å². The van der Waals surface area contributed by atoms with Gasteiger partial charge in [-0.3, -0.25) is 9.62 Å². The normalized spacial score (nSPS) is 20.7. The molecule has 0 aliphatic carbocycles. The monoisotopic (exact) mass is 634 g/mol. The molecule has 0 spiro atoms. The Bertz CT molecular complexity index is 1530. The largest absolute Gasteiger partial charge is 0.416 e. The minimum Gasteiger partial charge on any atom is -0.370 e. The Labute approximate surface area is 256 Å². The molecule has 0 amide bonds. The number of likely N-dealkylation sites (N-methyl/N-ethyl adjacent to an activating group) is 1.